The summed E-state index contributed by atoms with van der Waals surface area (Å²) in [4.78, 5) is 38.0. The SMILES string of the molecule is CC/C=C\C/C=C\C/C=C\C/C=C\C/C=C\C/C=C\C/C=C\C/C=C\CCCCC(=O)OCC(COC(=O)CCCCCCCCC)OC(=O)CCCCCC/C=C\C/C=C\C/C=C\C/C=C\C/C=C\C/C=C\CC. The van der Waals surface area contributed by atoms with E-state index in [-0.39, 0.29) is 44.0 Å². The van der Waals surface area contributed by atoms with Crippen LogP contribution in [0, 0.1) is 0 Å². The lowest BCUT2D eigenvalue weighted by Gasteiger charge is -2.18. The molecule has 0 saturated carbocycles. The van der Waals surface area contributed by atoms with Gasteiger partial charge in [-0.3, -0.25) is 14.4 Å². The van der Waals surface area contributed by atoms with Gasteiger partial charge in [-0.15, -0.1) is 0 Å². The molecule has 0 aromatic carbocycles. The molecular formula is C69H106O6. The Morgan fingerprint density at radius 1 is 0.280 bits per heavy atom. The minimum atomic E-state index is -0.817. The van der Waals surface area contributed by atoms with Gasteiger partial charge in [-0.05, 0) is 135 Å². The summed E-state index contributed by atoms with van der Waals surface area (Å²) in [6.07, 6.45) is 90.8. The van der Waals surface area contributed by atoms with E-state index in [4.69, 9.17) is 14.2 Å². The summed E-state index contributed by atoms with van der Waals surface area (Å²) < 4.78 is 16.7. The fourth-order valence-electron chi connectivity index (χ4n) is 7.34. The zero-order chi connectivity index (χ0) is 54.3. The molecule has 0 aliphatic heterocycles. The molecule has 75 heavy (non-hydrogen) atoms. The molecule has 0 N–H and O–H groups in total. The van der Waals surface area contributed by atoms with Gasteiger partial charge in [0.05, 0.1) is 0 Å². The Kier molecular flexibility index (Phi) is 57.0. The van der Waals surface area contributed by atoms with Crippen LogP contribution < -0.4 is 0 Å². The molecule has 0 bridgehead atoms. The van der Waals surface area contributed by atoms with Gasteiger partial charge in [-0.1, -0.05) is 242 Å². The van der Waals surface area contributed by atoms with Crippen LogP contribution in [-0.2, 0) is 28.6 Å². The molecule has 0 aliphatic rings. The van der Waals surface area contributed by atoms with Crippen molar-refractivity contribution in [1.29, 1.82) is 0 Å². The van der Waals surface area contributed by atoms with E-state index in [0.717, 1.165) is 154 Å². The summed E-state index contributed by atoms with van der Waals surface area (Å²) in [6.45, 7) is 6.29. The van der Waals surface area contributed by atoms with Gasteiger partial charge in [-0.2, -0.15) is 0 Å². The van der Waals surface area contributed by atoms with E-state index in [2.05, 4.69) is 191 Å². The van der Waals surface area contributed by atoms with E-state index in [9.17, 15) is 14.4 Å². The van der Waals surface area contributed by atoms with Crippen molar-refractivity contribution in [3.8, 4) is 0 Å². The number of hydrogen-bond acceptors (Lipinski definition) is 6. The minimum absolute atomic E-state index is 0.110. The molecular weight excluding hydrogens is 925 g/mol. The third-order valence-electron chi connectivity index (χ3n) is 11.7. The fraction of sp³-hybridized carbons (Fsp3) is 0.551. The topological polar surface area (TPSA) is 78.9 Å². The number of esters is 3. The maximum Gasteiger partial charge on any atom is 0.306 e. The van der Waals surface area contributed by atoms with Crippen LogP contribution in [0.4, 0.5) is 0 Å². The number of hydrogen-bond donors (Lipinski definition) is 0. The van der Waals surface area contributed by atoms with Gasteiger partial charge in [0.25, 0.3) is 0 Å². The molecule has 0 amide bonds. The fourth-order valence-corrected chi connectivity index (χ4v) is 7.34. The van der Waals surface area contributed by atoms with Crippen LogP contribution in [0.2, 0.25) is 0 Å². The molecule has 1 atom stereocenters. The van der Waals surface area contributed by atoms with Crippen molar-refractivity contribution in [2.24, 2.45) is 0 Å². The van der Waals surface area contributed by atoms with Crippen LogP contribution in [0.3, 0.4) is 0 Å². The molecule has 0 heterocycles. The van der Waals surface area contributed by atoms with Gasteiger partial charge in [-0.25, -0.2) is 0 Å². The van der Waals surface area contributed by atoms with E-state index in [1.54, 1.807) is 0 Å². The van der Waals surface area contributed by atoms with E-state index in [1.165, 1.54) is 25.7 Å². The van der Waals surface area contributed by atoms with Gasteiger partial charge in [0.1, 0.15) is 13.2 Å². The highest BCUT2D eigenvalue weighted by Crippen LogP contribution is 2.12. The van der Waals surface area contributed by atoms with Crippen molar-refractivity contribution in [3.63, 3.8) is 0 Å². The monoisotopic (exact) mass is 1030 g/mol. The molecule has 0 aliphatic carbocycles. The van der Waals surface area contributed by atoms with Gasteiger partial charge < -0.3 is 14.2 Å². The standard InChI is InChI=1S/C69H106O6/c1-4-7-10-13-16-18-20-22-24-26-28-30-32-33-34-35-37-38-40-42-44-46-48-50-53-56-59-62-68(71)74-65-66(64-73-67(70)61-58-55-52-15-12-9-6-3)75-69(72)63-60-57-54-51-49-47-45-43-41-39-36-31-29-27-25-23-21-19-17-14-11-8-5-2/h7-8,10-11,16-19,22-25,28-31,33-34,37-39,41-42,44-45,47-48,50,66H,4-6,9,12-15,20-21,26-27,32,35-36,40,43,46,49,51-65H2,1-3H3/b10-7-,11-8-,18-16-,19-17-,24-22-,25-23-,30-28-,31-29-,34-33-,38-37-,41-39-,44-42-,47-45-,50-48-. The van der Waals surface area contributed by atoms with Crippen LogP contribution in [0.5, 0.6) is 0 Å². The first-order valence-electron chi connectivity index (χ1n) is 29.6. The van der Waals surface area contributed by atoms with Crippen molar-refractivity contribution in [2.75, 3.05) is 13.2 Å². The Labute approximate surface area is 460 Å². The van der Waals surface area contributed by atoms with Crippen LogP contribution in [0.25, 0.3) is 0 Å². The second-order valence-corrected chi connectivity index (χ2v) is 18.8. The molecule has 0 rings (SSSR count). The molecule has 1 unspecified atom stereocenters. The third-order valence-corrected chi connectivity index (χ3v) is 11.7. The quantitative estimate of drug-likeness (QED) is 0.0261. The molecule has 418 valence electrons. The second-order valence-electron chi connectivity index (χ2n) is 18.8. The summed E-state index contributed by atoms with van der Waals surface area (Å²) in [5, 5.41) is 0. The van der Waals surface area contributed by atoms with Crippen LogP contribution in [0.1, 0.15) is 226 Å². The lowest BCUT2D eigenvalue weighted by atomic mass is 10.1. The molecule has 0 aromatic heterocycles. The lowest BCUT2D eigenvalue weighted by molar-refractivity contribution is -0.167. The normalized spacial score (nSPS) is 13.4. The summed E-state index contributed by atoms with van der Waals surface area (Å²) in [6, 6.07) is 0. The van der Waals surface area contributed by atoms with Crippen LogP contribution in [-0.4, -0.2) is 37.2 Å². The van der Waals surface area contributed by atoms with Gasteiger partial charge in [0.15, 0.2) is 6.10 Å². The average Bonchev–Trinajstić information content (AvgIpc) is 3.41. The number of carbonyl (C=O) groups excluding carboxylic acids is 3. The van der Waals surface area contributed by atoms with Crippen molar-refractivity contribution in [2.45, 2.75) is 232 Å². The summed E-state index contributed by atoms with van der Waals surface area (Å²) in [5.74, 6) is -0.999. The van der Waals surface area contributed by atoms with E-state index < -0.39 is 6.10 Å². The van der Waals surface area contributed by atoms with E-state index >= 15 is 0 Å². The summed E-state index contributed by atoms with van der Waals surface area (Å²) >= 11 is 0. The zero-order valence-corrected chi connectivity index (χ0v) is 47.7. The first kappa shape index (κ1) is 69.8. The summed E-state index contributed by atoms with van der Waals surface area (Å²) in [5.41, 5.74) is 0. The Bertz CT molecular complexity index is 1750. The lowest BCUT2D eigenvalue weighted by Crippen LogP contribution is -2.30. The largest absolute Gasteiger partial charge is 0.462 e. The first-order chi connectivity index (χ1) is 37.0. The van der Waals surface area contributed by atoms with Gasteiger partial charge >= 0.3 is 17.9 Å². The minimum Gasteiger partial charge on any atom is -0.462 e. The first-order valence-corrected chi connectivity index (χ1v) is 29.6. The molecule has 0 spiro atoms. The molecule has 0 radical (unpaired) electrons. The number of ether oxygens (including phenoxy) is 3. The highest BCUT2D eigenvalue weighted by Gasteiger charge is 2.19. The van der Waals surface area contributed by atoms with Crippen molar-refractivity contribution in [1.82, 2.24) is 0 Å². The number of rotatable bonds is 51. The number of allylic oxidation sites excluding steroid dienone is 28. The molecule has 6 nitrogen and oxygen atoms in total. The maximum absolute atomic E-state index is 12.8. The zero-order valence-electron chi connectivity index (χ0n) is 47.7. The average molecular weight is 1030 g/mol. The van der Waals surface area contributed by atoms with Gasteiger partial charge in [0.2, 0.25) is 0 Å². The predicted molar refractivity (Wildman–Crippen MR) is 325 cm³/mol. The van der Waals surface area contributed by atoms with Crippen LogP contribution in [0.15, 0.2) is 170 Å². The predicted octanol–water partition coefficient (Wildman–Crippen LogP) is 20.3. The summed E-state index contributed by atoms with van der Waals surface area (Å²) in [7, 11) is 0. The van der Waals surface area contributed by atoms with Crippen molar-refractivity contribution >= 4 is 17.9 Å². The maximum atomic E-state index is 12.8. The highest BCUT2D eigenvalue weighted by atomic mass is 16.6. The number of carbonyl (C=O) groups is 3. The highest BCUT2D eigenvalue weighted by molar-refractivity contribution is 5.71. The Hall–Kier alpha value is -5.23. The molecule has 0 fully saturated rings. The van der Waals surface area contributed by atoms with Gasteiger partial charge in [0, 0.05) is 19.3 Å². The Morgan fingerprint density at radius 2 is 0.520 bits per heavy atom. The van der Waals surface area contributed by atoms with E-state index in [0.29, 0.717) is 12.8 Å². The van der Waals surface area contributed by atoms with Crippen molar-refractivity contribution in [3.05, 3.63) is 170 Å². The Balaban J connectivity index is 4.38. The second kappa shape index (κ2) is 61.3. The third kappa shape index (κ3) is 59.5. The molecule has 0 saturated heterocycles. The smallest absolute Gasteiger partial charge is 0.306 e. The van der Waals surface area contributed by atoms with E-state index in [1.807, 2.05) is 0 Å². The molecule has 0 aromatic rings. The Morgan fingerprint density at radius 3 is 0.840 bits per heavy atom. The van der Waals surface area contributed by atoms with Crippen LogP contribution >= 0.6 is 0 Å². The number of unbranched alkanes of at least 4 members (excludes halogenated alkanes) is 12. The van der Waals surface area contributed by atoms with Crippen molar-refractivity contribution < 1.29 is 28.6 Å². The molecule has 6 heteroatoms.